The largest absolute Gasteiger partial charge is 0.379 e. The van der Waals surface area contributed by atoms with E-state index in [2.05, 4.69) is 10.6 Å². The van der Waals surface area contributed by atoms with Gasteiger partial charge in [0, 0.05) is 19.7 Å². The standard InChI is InChI=1S/C15H29N3O3/c1-2-20-12-14-11-18(8-9-21-14)15(19)17-7-5-13-4-3-6-16-10-13/h13-14,16H,2-12H2,1H3,(H,17,19). The molecule has 2 unspecified atom stereocenters. The number of rotatable bonds is 6. The fourth-order valence-corrected chi connectivity index (χ4v) is 2.92. The molecule has 2 atom stereocenters. The monoisotopic (exact) mass is 299 g/mol. The first-order valence-electron chi connectivity index (χ1n) is 8.22. The third-order valence-corrected chi connectivity index (χ3v) is 4.16. The normalized spacial score (nSPS) is 26.6. The van der Waals surface area contributed by atoms with Crippen LogP contribution in [0, 0.1) is 5.92 Å². The minimum atomic E-state index is 0.00648. The maximum absolute atomic E-state index is 12.2. The van der Waals surface area contributed by atoms with Crippen LogP contribution in [-0.2, 0) is 9.47 Å². The van der Waals surface area contributed by atoms with E-state index in [9.17, 15) is 4.79 Å². The van der Waals surface area contributed by atoms with Crippen LogP contribution in [0.15, 0.2) is 0 Å². The van der Waals surface area contributed by atoms with Crippen LogP contribution in [-0.4, -0.2) is 69.6 Å². The molecular weight excluding hydrogens is 270 g/mol. The van der Waals surface area contributed by atoms with Crippen molar-refractivity contribution >= 4 is 6.03 Å². The second-order valence-corrected chi connectivity index (χ2v) is 5.83. The van der Waals surface area contributed by atoms with Crippen LogP contribution in [0.3, 0.4) is 0 Å². The summed E-state index contributed by atoms with van der Waals surface area (Å²) >= 11 is 0. The number of hydrogen-bond acceptors (Lipinski definition) is 4. The number of piperidine rings is 1. The van der Waals surface area contributed by atoms with Crippen LogP contribution in [0.25, 0.3) is 0 Å². The van der Waals surface area contributed by atoms with E-state index in [-0.39, 0.29) is 12.1 Å². The van der Waals surface area contributed by atoms with Crippen molar-refractivity contribution in [3.8, 4) is 0 Å². The molecule has 0 aromatic carbocycles. The Morgan fingerprint density at radius 3 is 3.19 bits per heavy atom. The zero-order chi connectivity index (χ0) is 14.9. The molecule has 2 amide bonds. The van der Waals surface area contributed by atoms with Crippen molar-refractivity contribution in [2.75, 3.05) is 52.5 Å². The van der Waals surface area contributed by atoms with Gasteiger partial charge in [0.2, 0.25) is 0 Å². The van der Waals surface area contributed by atoms with E-state index in [1.807, 2.05) is 11.8 Å². The predicted molar refractivity (Wildman–Crippen MR) is 81.4 cm³/mol. The predicted octanol–water partition coefficient (Wildman–Crippen LogP) is 0.823. The van der Waals surface area contributed by atoms with E-state index in [1.54, 1.807) is 0 Å². The third-order valence-electron chi connectivity index (χ3n) is 4.16. The first kappa shape index (κ1) is 16.5. The lowest BCUT2D eigenvalue weighted by molar-refractivity contribution is -0.0566. The maximum Gasteiger partial charge on any atom is 0.317 e. The van der Waals surface area contributed by atoms with Gasteiger partial charge in [0.1, 0.15) is 0 Å². The fourth-order valence-electron chi connectivity index (χ4n) is 2.92. The third kappa shape index (κ3) is 5.80. The lowest BCUT2D eigenvalue weighted by Gasteiger charge is -2.33. The Morgan fingerprint density at radius 1 is 1.52 bits per heavy atom. The number of urea groups is 1. The van der Waals surface area contributed by atoms with Crippen molar-refractivity contribution in [3.63, 3.8) is 0 Å². The molecule has 2 fully saturated rings. The smallest absolute Gasteiger partial charge is 0.317 e. The quantitative estimate of drug-likeness (QED) is 0.762. The molecule has 0 aromatic rings. The van der Waals surface area contributed by atoms with Gasteiger partial charge in [0.15, 0.2) is 0 Å². The van der Waals surface area contributed by atoms with Gasteiger partial charge in [-0.2, -0.15) is 0 Å². The van der Waals surface area contributed by atoms with Crippen molar-refractivity contribution < 1.29 is 14.3 Å². The van der Waals surface area contributed by atoms with E-state index in [1.165, 1.54) is 12.8 Å². The molecular formula is C15H29N3O3. The molecule has 2 rings (SSSR count). The van der Waals surface area contributed by atoms with Crippen LogP contribution in [0.4, 0.5) is 4.79 Å². The fraction of sp³-hybridized carbons (Fsp3) is 0.933. The van der Waals surface area contributed by atoms with Crippen molar-refractivity contribution in [1.29, 1.82) is 0 Å². The zero-order valence-corrected chi connectivity index (χ0v) is 13.1. The highest BCUT2D eigenvalue weighted by Gasteiger charge is 2.24. The number of nitrogens with one attached hydrogen (secondary N) is 2. The number of carbonyl (C=O) groups is 1. The number of morpholine rings is 1. The van der Waals surface area contributed by atoms with Gasteiger partial charge in [-0.1, -0.05) is 0 Å². The Kier molecular flexibility index (Phi) is 7.26. The molecule has 0 bridgehead atoms. The first-order chi connectivity index (χ1) is 10.3. The topological polar surface area (TPSA) is 62.8 Å². The molecule has 6 nitrogen and oxygen atoms in total. The van der Waals surface area contributed by atoms with E-state index in [4.69, 9.17) is 9.47 Å². The maximum atomic E-state index is 12.2. The SMILES string of the molecule is CCOCC1CN(C(=O)NCCC2CCCNC2)CCO1. The van der Waals surface area contributed by atoms with Crippen molar-refractivity contribution in [2.24, 2.45) is 5.92 Å². The summed E-state index contributed by atoms with van der Waals surface area (Å²) in [6, 6.07) is 0.0311. The van der Waals surface area contributed by atoms with E-state index in [0.29, 0.717) is 38.8 Å². The Morgan fingerprint density at radius 2 is 2.43 bits per heavy atom. The average Bonchev–Trinajstić information content (AvgIpc) is 2.54. The summed E-state index contributed by atoms with van der Waals surface area (Å²) in [6.07, 6.45) is 3.59. The van der Waals surface area contributed by atoms with Crippen LogP contribution in [0.1, 0.15) is 26.2 Å². The highest BCUT2D eigenvalue weighted by molar-refractivity contribution is 5.74. The van der Waals surface area contributed by atoms with Crippen LogP contribution < -0.4 is 10.6 Å². The van der Waals surface area contributed by atoms with E-state index < -0.39 is 0 Å². The Balaban J connectivity index is 1.62. The molecule has 2 aliphatic rings. The van der Waals surface area contributed by atoms with Crippen LogP contribution >= 0.6 is 0 Å². The molecule has 2 aliphatic heterocycles. The molecule has 0 aromatic heterocycles. The number of carbonyl (C=O) groups excluding carboxylic acids is 1. The Labute approximate surface area is 127 Å². The van der Waals surface area contributed by atoms with Gasteiger partial charge in [0.05, 0.1) is 25.9 Å². The van der Waals surface area contributed by atoms with Gasteiger partial charge in [-0.25, -0.2) is 4.79 Å². The van der Waals surface area contributed by atoms with Crippen molar-refractivity contribution in [3.05, 3.63) is 0 Å². The highest BCUT2D eigenvalue weighted by Crippen LogP contribution is 2.13. The summed E-state index contributed by atoms with van der Waals surface area (Å²) in [6.45, 7) is 8.08. The van der Waals surface area contributed by atoms with Crippen LogP contribution in [0.5, 0.6) is 0 Å². The van der Waals surface area contributed by atoms with Gasteiger partial charge >= 0.3 is 6.03 Å². The molecule has 21 heavy (non-hydrogen) atoms. The molecule has 6 heteroatoms. The second kappa shape index (κ2) is 9.23. The molecule has 0 saturated carbocycles. The summed E-state index contributed by atoms with van der Waals surface area (Å²) in [5.74, 6) is 0.703. The lowest BCUT2D eigenvalue weighted by atomic mass is 9.96. The number of ether oxygens (including phenoxy) is 2. The van der Waals surface area contributed by atoms with E-state index in [0.717, 1.165) is 26.1 Å². The molecule has 2 saturated heterocycles. The number of nitrogens with zero attached hydrogens (tertiary/aromatic N) is 1. The van der Waals surface area contributed by atoms with Crippen LogP contribution in [0.2, 0.25) is 0 Å². The van der Waals surface area contributed by atoms with Gasteiger partial charge in [0.25, 0.3) is 0 Å². The summed E-state index contributed by atoms with van der Waals surface area (Å²) in [4.78, 5) is 14.0. The minimum absolute atomic E-state index is 0.00648. The molecule has 122 valence electrons. The molecule has 0 radical (unpaired) electrons. The summed E-state index contributed by atoms with van der Waals surface area (Å²) in [5, 5.41) is 6.45. The number of amides is 2. The van der Waals surface area contributed by atoms with Gasteiger partial charge < -0.3 is 25.0 Å². The summed E-state index contributed by atoms with van der Waals surface area (Å²) < 4.78 is 11.0. The minimum Gasteiger partial charge on any atom is -0.379 e. The molecule has 0 spiro atoms. The van der Waals surface area contributed by atoms with Crippen molar-refractivity contribution in [2.45, 2.75) is 32.3 Å². The van der Waals surface area contributed by atoms with Gasteiger partial charge in [-0.15, -0.1) is 0 Å². The average molecular weight is 299 g/mol. The summed E-state index contributed by atoms with van der Waals surface area (Å²) in [5.41, 5.74) is 0. The molecule has 2 heterocycles. The van der Waals surface area contributed by atoms with Crippen molar-refractivity contribution in [1.82, 2.24) is 15.5 Å². The number of hydrogen-bond donors (Lipinski definition) is 2. The lowest BCUT2D eigenvalue weighted by Crippen LogP contribution is -2.51. The van der Waals surface area contributed by atoms with Gasteiger partial charge in [-0.05, 0) is 45.2 Å². The Bertz CT molecular complexity index is 309. The van der Waals surface area contributed by atoms with Gasteiger partial charge in [-0.3, -0.25) is 0 Å². The first-order valence-corrected chi connectivity index (χ1v) is 8.22. The molecule has 2 N–H and O–H groups in total. The second-order valence-electron chi connectivity index (χ2n) is 5.83. The Hall–Kier alpha value is -0.850. The molecule has 0 aliphatic carbocycles. The summed E-state index contributed by atoms with van der Waals surface area (Å²) in [7, 11) is 0. The van der Waals surface area contributed by atoms with E-state index >= 15 is 0 Å². The highest BCUT2D eigenvalue weighted by atomic mass is 16.5. The zero-order valence-electron chi connectivity index (χ0n) is 13.1.